The molecule has 7 N–H and O–H groups in total. The van der Waals surface area contributed by atoms with Crippen molar-refractivity contribution in [3.8, 4) is 0 Å². The van der Waals surface area contributed by atoms with E-state index in [-0.39, 0.29) is 24.3 Å². The fourth-order valence-electron chi connectivity index (χ4n) is 1.23. The first kappa shape index (κ1) is 18.6. The Morgan fingerprint density at radius 3 is 2.81 bits per heavy atom. The van der Waals surface area contributed by atoms with Gasteiger partial charge in [-0.15, -0.1) is 12.4 Å². The number of nitrogens with two attached hydrogens (primary N) is 2. The summed E-state index contributed by atoms with van der Waals surface area (Å²) < 4.78 is 0. The van der Waals surface area contributed by atoms with Gasteiger partial charge in [-0.1, -0.05) is 13.3 Å². The summed E-state index contributed by atoms with van der Waals surface area (Å²) in [5, 5.41) is 9.20. The van der Waals surface area contributed by atoms with E-state index < -0.39 is 0 Å². The van der Waals surface area contributed by atoms with Gasteiger partial charge in [0.2, 0.25) is 0 Å². The SMILES string of the molecule is CCCCN=C(N)NC(=N)N.Cl.c1ncc2[nH]cnc2n1. The highest BCUT2D eigenvalue weighted by molar-refractivity contribution is 5.95. The fraction of sp³-hybridized carbons (Fsp3) is 0.364. The number of hydrogen-bond acceptors (Lipinski definition) is 5. The summed E-state index contributed by atoms with van der Waals surface area (Å²) in [6.45, 7) is 2.76. The molecule has 116 valence electrons. The Hall–Kier alpha value is -2.42. The van der Waals surface area contributed by atoms with Gasteiger partial charge in [0.25, 0.3) is 0 Å². The highest BCUT2D eigenvalue weighted by Gasteiger charge is 1.91. The molecule has 0 spiro atoms. The summed E-state index contributed by atoms with van der Waals surface area (Å²) in [6, 6.07) is 0. The number of guanidine groups is 2. The standard InChI is InChI=1S/C6H15N5.C5H4N4.ClH/c1-2-3-4-10-6(9)11-5(7)8;1-4-5(8-2-6-1)9-3-7-4;/h2-4H2,1H3,(H6,7,8,9,10,11);1-3H,(H,6,7,8,9);1H. The molecule has 0 saturated carbocycles. The lowest BCUT2D eigenvalue weighted by Gasteiger charge is -2.00. The first-order chi connectivity index (χ1) is 9.63. The van der Waals surface area contributed by atoms with Crippen molar-refractivity contribution >= 4 is 35.5 Å². The van der Waals surface area contributed by atoms with Gasteiger partial charge in [-0.2, -0.15) is 0 Å². The highest BCUT2D eigenvalue weighted by Crippen LogP contribution is 1.99. The zero-order chi connectivity index (χ0) is 14.8. The fourth-order valence-corrected chi connectivity index (χ4v) is 1.23. The maximum Gasteiger partial charge on any atom is 0.195 e. The van der Waals surface area contributed by atoms with Crippen LogP contribution in [0.15, 0.2) is 23.8 Å². The van der Waals surface area contributed by atoms with Crippen molar-refractivity contribution < 1.29 is 0 Å². The lowest BCUT2D eigenvalue weighted by molar-refractivity contribution is 0.804. The third kappa shape index (κ3) is 7.67. The monoisotopic (exact) mass is 313 g/mol. The van der Waals surface area contributed by atoms with Crippen LogP contribution in [0.4, 0.5) is 0 Å². The number of H-pyrrole nitrogens is 1. The number of hydrogen-bond donors (Lipinski definition) is 5. The van der Waals surface area contributed by atoms with E-state index in [4.69, 9.17) is 16.9 Å². The summed E-state index contributed by atoms with van der Waals surface area (Å²) in [4.78, 5) is 18.4. The van der Waals surface area contributed by atoms with Gasteiger partial charge < -0.3 is 16.5 Å². The lowest BCUT2D eigenvalue weighted by atomic mass is 10.3. The van der Waals surface area contributed by atoms with E-state index in [2.05, 4.69) is 37.2 Å². The second-order valence-corrected chi connectivity index (χ2v) is 3.82. The number of aliphatic imine (C=N–C) groups is 1. The predicted molar refractivity (Wildman–Crippen MR) is 85.4 cm³/mol. The maximum absolute atomic E-state index is 6.81. The average molecular weight is 314 g/mol. The van der Waals surface area contributed by atoms with Crippen LogP contribution in [-0.2, 0) is 0 Å². The maximum atomic E-state index is 6.81. The van der Waals surface area contributed by atoms with E-state index in [1.165, 1.54) is 6.33 Å². The molecule has 0 fully saturated rings. The Labute approximate surface area is 128 Å². The Bertz CT molecular complexity index is 535. The molecule has 0 aromatic carbocycles. The predicted octanol–water partition coefficient (Wildman–Crippen LogP) is 0.359. The van der Waals surface area contributed by atoms with E-state index in [9.17, 15) is 0 Å². The van der Waals surface area contributed by atoms with Gasteiger partial charge in [0.1, 0.15) is 11.8 Å². The van der Waals surface area contributed by atoms with Crippen molar-refractivity contribution in [2.45, 2.75) is 19.8 Å². The second-order valence-electron chi connectivity index (χ2n) is 3.82. The van der Waals surface area contributed by atoms with E-state index in [1.807, 2.05) is 0 Å². The number of fused-ring (bicyclic) bond motifs is 1. The number of aromatic nitrogens is 4. The topological polar surface area (TPSA) is 155 Å². The summed E-state index contributed by atoms with van der Waals surface area (Å²) in [7, 11) is 0. The van der Waals surface area contributed by atoms with Crippen LogP contribution < -0.4 is 16.8 Å². The van der Waals surface area contributed by atoms with E-state index in [0.29, 0.717) is 12.2 Å². The zero-order valence-corrected chi connectivity index (χ0v) is 12.5. The summed E-state index contributed by atoms with van der Waals surface area (Å²) in [5.41, 5.74) is 11.9. The quantitative estimate of drug-likeness (QED) is 0.313. The Morgan fingerprint density at radius 2 is 2.19 bits per heavy atom. The van der Waals surface area contributed by atoms with Gasteiger partial charge >= 0.3 is 0 Å². The van der Waals surface area contributed by atoms with Crippen LogP contribution in [-0.4, -0.2) is 38.4 Å². The van der Waals surface area contributed by atoms with Gasteiger partial charge in [-0.3, -0.25) is 15.7 Å². The van der Waals surface area contributed by atoms with Crippen LogP contribution in [0, 0.1) is 5.41 Å². The molecule has 9 nitrogen and oxygen atoms in total. The molecule has 2 rings (SSSR count). The molecule has 0 saturated heterocycles. The van der Waals surface area contributed by atoms with Gasteiger partial charge in [0, 0.05) is 6.54 Å². The second kappa shape index (κ2) is 10.4. The van der Waals surface area contributed by atoms with Crippen molar-refractivity contribution in [2.75, 3.05) is 6.54 Å². The minimum Gasteiger partial charge on any atom is -0.370 e. The van der Waals surface area contributed by atoms with Crippen molar-refractivity contribution in [1.29, 1.82) is 5.41 Å². The molecule has 10 heteroatoms. The van der Waals surface area contributed by atoms with E-state index in [1.54, 1.807) is 12.5 Å². The third-order valence-electron chi connectivity index (χ3n) is 2.15. The average Bonchev–Trinajstić information content (AvgIpc) is 2.87. The molecular weight excluding hydrogens is 294 g/mol. The van der Waals surface area contributed by atoms with Crippen LogP contribution in [0.25, 0.3) is 11.2 Å². The molecule has 0 amide bonds. The third-order valence-corrected chi connectivity index (χ3v) is 2.15. The van der Waals surface area contributed by atoms with Crippen molar-refractivity contribution in [3.05, 3.63) is 18.9 Å². The van der Waals surface area contributed by atoms with Crippen LogP contribution in [0.1, 0.15) is 19.8 Å². The molecule has 0 aliphatic rings. The van der Waals surface area contributed by atoms with Gasteiger partial charge in [-0.05, 0) is 6.42 Å². The van der Waals surface area contributed by atoms with Crippen molar-refractivity contribution in [3.63, 3.8) is 0 Å². The first-order valence-corrected chi connectivity index (χ1v) is 6.13. The number of rotatable bonds is 3. The van der Waals surface area contributed by atoms with Crippen LogP contribution in [0.2, 0.25) is 0 Å². The molecule has 21 heavy (non-hydrogen) atoms. The van der Waals surface area contributed by atoms with E-state index in [0.717, 1.165) is 18.4 Å². The molecule has 0 radical (unpaired) electrons. The first-order valence-electron chi connectivity index (χ1n) is 6.13. The minimum atomic E-state index is -0.178. The molecule has 0 aliphatic heterocycles. The minimum absolute atomic E-state index is 0. The largest absolute Gasteiger partial charge is 0.370 e. The summed E-state index contributed by atoms with van der Waals surface area (Å²) in [5.74, 6) is 0.0358. The lowest BCUT2D eigenvalue weighted by Crippen LogP contribution is -2.40. The van der Waals surface area contributed by atoms with E-state index >= 15 is 0 Å². The molecule has 0 unspecified atom stereocenters. The zero-order valence-electron chi connectivity index (χ0n) is 11.7. The number of nitrogens with zero attached hydrogens (tertiary/aromatic N) is 4. The number of nitrogens with one attached hydrogen (secondary N) is 3. The normalized spacial score (nSPS) is 10.2. The smallest absolute Gasteiger partial charge is 0.195 e. The van der Waals surface area contributed by atoms with Gasteiger partial charge in [0.05, 0.1) is 12.5 Å². The van der Waals surface area contributed by atoms with Crippen LogP contribution in [0.3, 0.4) is 0 Å². The Morgan fingerprint density at radius 1 is 1.43 bits per heavy atom. The number of halogens is 1. The molecular formula is C11H20ClN9. The molecule has 2 aromatic heterocycles. The van der Waals surface area contributed by atoms with Crippen LogP contribution >= 0.6 is 12.4 Å². The number of aromatic amines is 1. The molecule has 0 bridgehead atoms. The molecule has 2 aromatic rings. The Balaban J connectivity index is 0.000000367. The molecule has 0 atom stereocenters. The van der Waals surface area contributed by atoms with Gasteiger partial charge in [0.15, 0.2) is 17.6 Å². The van der Waals surface area contributed by atoms with Crippen molar-refractivity contribution in [2.24, 2.45) is 16.5 Å². The van der Waals surface area contributed by atoms with Crippen molar-refractivity contribution in [1.82, 2.24) is 25.3 Å². The number of unbranched alkanes of at least 4 members (excludes halogenated alkanes) is 1. The molecule has 2 heterocycles. The summed E-state index contributed by atoms with van der Waals surface area (Å²) >= 11 is 0. The molecule has 0 aliphatic carbocycles. The highest BCUT2D eigenvalue weighted by atomic mass is 35.5. The van der Waals surface area contributed by atoms with Crippen LogP contribution in [0.5, 0.6) is 0 Å². The number of imidazole rings is 1. The van der Waals surface area contributed by atoms with Gasteiger partial charge in [-0.25, -0.2) is 15.0 Å². The summed E-state index contributed by atoms with van der Waals surface area (Å²) in [6.07, 6.45) is 6.84. The Kier molecular flexibility index (Phi) is 9.18.